The maximum Gasteiger partial charge on any atom is 0.275 e. The monoisotopic (exact) mass is 365 g/mol. The lowest BCUT2D eigenvalue weighted by Gasteiger charge is -2.35. The molecular weight excluding hydrogens is 342 g/mol. The third kappa shape index (κ3) is 2.93. The fraction of sp³-hybridized carbons (Fsp3) is 0.400. The Morgan fingerprint density at radius 3 is 2.81 bits per heavy atom. The second-order valence-corrected chi connectivity index (χ2v) is 7.18. The highest BCUT2D eigenvalue weighted by atomic mass is 16.2. The van der Waals surface area contributed by atoms with Crippen LogP contribution in [0.5, 0.6) is 0 Å². The molecule has 0 bridgehead atoms. The van der Waals surface area contributed by atoms with Gasteiger partial charge in [0.25, 0.3) is 11.5 Å². The molecule has 1 amide bonds. The fourth-order valence-electron chi connectivity index (χ4n) is 3.77. The van der Waals surface area contributed by atoms with E-state index in [1.165, 1.54) is 4.52 Å². The zero-order chi connectivity index (χ0) is 19.1. The molecule has 3 aromatic heterocycles. The van der Waals surface area contributed by atoms with E-state index in [0.29, 0.717) is 23.3 Å². The zero-order valence-corrected chi connectivity index (χ0v) is 15.8. The standard InChI is InChI=1S/C20H23N5O2/c1-12-13(2)22-18-11-16(23-25(18)19(12)26)17-8-4-5-10-24(17)20(27)15-7-6-9-21-14(15)3/h6-7,9,11,17,23H,4-5,8,10H2,1-3H3/t17-/m0/s1. The van der Waals surface area contributed by atoms with E-state index in [9.17, 15) is 9.59 Å². The second kappa shape index (κ2) is 6.64. The topological polar surface area (TPSA) is 83.4 Å². The van der Waals surface area contributed by atoms with Gasteiger partial charge in [0.15, 0.2) is 5.65 Å². The van der Waals surface area contributed by atoms with Crippen molar-refractivity contribution in [3.8, 4) is 0 Å². The number of aromatic nitrogens is 4. The molecule has 0 unspecified atom stereocenters. The average molecular weight is 365 g/mol. The van der Waals surface area contributed by atoms with E-state index in [0.717, 1.165) is 36.3 Å². The summed E-state index contributed by atoms with van der Waals surface area (Å²) >= 11 is 0. The van der Waals surface area contributed by atoms with Gasteiger partial charge in [0, 0.05) is 35.8 Å². The van der Waals surface area contributed by atoms with Gasteiger partial charge in [-0.3, -0.25) is 19.7 Å². The number of carbonyl (C=O) groups excluding carboxylic acids is 1. The fourth-order valence-corrected chi connectivity index (χ4v) is 3.77. The molecule has 1 atom stereocenters. The Morgan fingerprint density at radius 1 is 1.22 bits per heavy atom. The van der Waals surface area contributed by atoms with Crippen molar-refractivity contribution in [1.29, 1.82) is 0 Å². The number of aryl methyl sites for hydroxylation is 2. The molecule has 27 heavy (non-hydrogen) atoms. The Hall–Kier alpha value is -2.96. The quantitative estimate of drug-likeness (QED) is 0.757. The number of piperidine rings is 1. The van der Waals surface area contributed by atoms with Crippen molar-refractivity contribution in [2.24, 2.45) is 0 Å². The Bertz CT molecular complexity index is 1080. The normalized spacial score (nSPS) is 17.4. The summed E-state index contributed by atoms with van der Waals surface area (Å²) in [7, 11) is 0. The molecule has 7 nitrogen and oxygen atoms in total. The van der Waals surface area contributed by atoms with E-state index < -0.39 is 0 Å². The van der Waals surface area contributed by atoms with Gasteiger partial charge in [-0.2, -0.15) is 0 Å². The summed E-state index contributed by atoms with van der Waals surface area (Å²) in [5, 5.41) is 3.18. The number of pyridine rings is 1. The van der Waals surface area contributed by atoms with Crippen molar-refractivity contribution < 1.29 is 4.79 Å². The predicted molar refractivity (Wildman–Crippen MR) is 102 cm³/mol. The van der Waals surface area contributed by atoms with Crippen LogP contribution in [0.3, 0.4) is 0 Å². The summed E-state index contributed by atoms with van der Waals surface area (Å²) in [6, 6.07) is 5.39. The SMILES string of the molecule is Cc1ncccc1C(=O)N1CCCC[C@H]1c1cc2nc(C)c(C)c(=O)n2[nH]1. The van der Waals surface area contributed by atoms with Gasteiger partial charge in [0.1, 0.15) is 0 Å². The first-order chi connectivity index (χ1) is 13.0. The Balaban J connectivity index is 1.76. The van der Waals surface area contributed by atoms with Crippen LogP contribution < -0.4 is 5.56 Å². The van der Waals surface area contributed by atoms with Gasteiger partial charge in [0.2, 0.25) is 0 Å². The molecule has 1 aliphatic heterocycles. The van der Waals surface area contributed by atoms with Gasteiger partial charge in [-0.1, -0.05) is 0 Å². The lowest BCUT2D eigenvalue weighted by Crippen LogP contribution is -2.39. The predicted octanol–water partition coefficient (Wildman–Crippen LogP) is 2.71. The molecule has 0 spiro atoms. The van der Waals surface area contributed by atoms with Crippen LogP contribution in [-0.4, -0.2) is 36.9 Å². The lowest BCUT2D eigenvalue weighted by atomic mass is 9.98. The first-order valence-corrected chi connectivity index (χ1v) is 9.29. The lowest BCUT2D eigenvalue weighted by molar-refractivity contribution is 0.0604. The van der Waals surface area contributed by atoms with Crippen LogP contribution in [0.25, 0.3) is 5.65 Å². The highest BCUT2D eigenvalue weighted by Gasteiger charge is 2.31. The third-order valence-corrected chi connectivity index (χ3v) is 5.46. The van der Waals surface area contributed by atoms with Crippen LogP contribution in [0, 0.1) is 20.8 Å². The number of likely N-dealkylation sites (tertiary alicyclic amines) is 1. The van der Waals surface area contributed by atoms with Crippen molar-refractivity contribution in [2.45, 2.75) is 46.1 Å². The number of aromatic amines is 1. The molecule has 0 aliphatic carbocycles. The maximum absolute atomic E-state index is 13.2. The minimum Gasteiger partial charge on any atom is -0.330 e. The highest BCUT2D eigenvalue weighted by molar-refractivity contribution is 5.95. The maximum atomic E-state index is 13.2. The van der Waals surface area contributed by atoms with Crippen molar-refractivity contribution in [3.05, 3.63) is 63.0 Å². The zero-order valence-electron chi connectivity index (χ0n) is 15.8. The van der Waals surface area contributed by atoms with Crippen LogP contribution in [0.1, 0.15) is 58.3 Å². The molecule has 7 heteroatoms. The minimum atomic E-state index is -0.104. The number of hydrogen-bond acceptors (Lipinski definition) is 4. The van der Waals surface area contributed by atoms with Crippen LogP contribution in [0.2, 0.25) is 0 Å². The number of fused-ring (bicyclic) bond motifs is 1. The summed E-state index contributed by atoms with van der Waals surface area (Å²) in [4.78, 5) is 36.4. The molecule has 4 heterocycles. The molecular formula is C20H23N5O2. The average Bonchev–Trinajstić information content (AvgIpc) is 3.10. The van der Waals surface area contributed by atoms with E-state index in [-0.39, 0.29) is 17.5 Å². The first kappa shape index (κ1) is 17.5. The minimum absolute atomic E-state index is 0.0170. The largest absolute Gasteiger partial charge is 0.330 e. The molecule has 1 N–H and O–H groups in total. The van der Waals surface area contributed by atoms with Crippen molar-refractivity contribution in [3.63, 3.8) is 0 Å². The molecule has 3 aromatic rings. The molecule has 1 saturated heterocycles. The molecule has 0 radical (unpaired) electrons. The van der Waals surface area contributed by atoms with E-state index in [4.69, 9.17) is 0 Å². The van der Waals surface area contributed by atoms with Gasteiger partial charge in [-0.25, -0.2) is 9.50 Å². The Morgan fingerprint density at radius 2 is 2.04 bits per heavy atom. The number of hydrogen-bond donors (Lipinski definition) is 1. The molecule has 1 fully saturated rings. The van der Waals surface area contributed by atoms with Gasteiger partial charge in [-0.15, -0.1) is 0 Å². The number of nitrogens with one attached hydrogen (secondary N) is 1. The van der Waals surface area contributed by atoms with Gasteiger partial charge in [0.05, 0.1) is 17.3 Å². The van der Waals surface area contributed by atoms with Gasteiger partial charge < -0.3 is 4.90 Å². The molecule has 0 saturated carbocycles. The summed E-state index contributed by atoms with van der Waals surface area (Å²) in [6.45, 7) is 6.15. The van der Waals surface area contributed by atoms with Crippen LogP contribution in [-0.2, 0) is 0 Å². The molecule has 0 aromatic carbocycles. The van der Waals surface area contributed by atoms with Crippen molar-refractivity contribution in [1.82, 2.24) is 24.5 Å². The summed E-state index contributed by atoms with van der Waals surface area (Å²) in [6.07, 6.45) is 4.55. The number of nitrogens with zero attached hydrogens (tertiary/aromatic N) is 4. The molecule has 4 rings (SSSR count). The first-order valence-electron chi connectivity index (χ1n) is 9.29. The summed E-state index contributed by atoms with van der Waals surface area (Å²) < 4.78 is 1.48. The second-order valence-electron chi connectivity index (χ2n) is 7.18. The number of H-pyrrole nitrogens is 1. The number of rotatable bonds is 2. The van der Waals surface area contributed by atoms with E-state index in [2.05, 4.69) is 15.1 Å². The summed E-state index contributed by atoms with van der Waals surface area (Å²) in [5.41, 5.74) is 4.06. The van der Waals surface area contributed by atoms with E-state index >= 15 is 0 Å². The smallest absolute Gasteiger partial charge is 0.275 e. The molecule has 140 valence electrons. The Kier molecular flexibility index (Phi) is 4.30. The van der Waals surface area contributed by atoms with Crippen LogP contribution >= 0.6 is 0 Å². The highest BCUT2D eigenvalue weighted by Crippen LogP contribution is 2.32. The number of carbonyl (C=O) groups is 1. The van der Waals surface area contributed by atoms with Gasteiger partial charge >= 0.3 is 0 Å². The van der Waals surface area contributed by atoms with E-state index in [1.54, 1.807) is 19.2 Å². The van der Waals surface area contributed by atoms with Crippen molar-refractivity contribution in [2.75, 3.05) is 6.54 Å². The van der Waals surface area contributed by atoms with Gasteiger partial charge in [-0.05, 0) is 52.2 Å². The summed E-state index contributed by atoms with van der Waals surface area (Å²) in [5.74, 6) is -0.0170. The molecule has 1 aliphatic rings. The Labute approximate surface area is 157 Å². The van der Waals surface area contributed by atoms with Crippen LogP contribution in [0.4, 0.5) is 0 Å². The number of amides is 1. The van der Waals surface area contributed by atoms with Crippen molar-refractivity contribution >= 4 is 11.6 Å². The third-order valence-electron chi connectivity index (χ3n) is 5.46. The van der Waals surface area contributed by atoms with E-state index in [1.807, 2.05) is 30.9 Å². The van der Waals surface area contributed by atoms with Crippen LogP contribution in [0.15, 0.2) is 29.2 Å².